The molecule has 0 aromatic carbocycles. The van der Waals surface area contributed by atoms with E-state index in [2.05, 4.69) is 0 Å². The molecule has 0 aliphatic carbocycles. The van der Waals surface area contributed by atoms with E-state index in [0.717, 1.165) is 0 Å². The quantitative estimate of drug-likeness (QED) is 0.566. The van der Waals surface area contributed by atoms with Gasteiger partial charge in [-0.15, -0.1) is 0 Å². The Balaban J connectivity index is 3.59. The van der Waals surface area contributed by atoms with Crippen molar-refractivity contribution in [2.75, 3.05) is 0 Å². The second kappa shape index (κ2) is 2.97. The van der Waals surface area contributed by atoms with Crippen LogP contribution in [0.1, 0.15) is 27.2 Å². The Morgan fingerprint density at radius 2 is 2.00 bits per heavy atom. The monoisotopic (exact) mass is 130 g/mol. The predicted octanol–water partition coefficient (Wildman–Crippen LogP) is 0.982. The van der Waals surface area contributed by atoms with Crippen LogP contribution in [0.5, 0.6) is 0 Å². The Labute approximate surface area is 55.9 Å². The van der Waals surface area contributed by atoms with Crippen LogP contribution >= 0.6 is 0 Å². The van der Waals surface area contributed by atoms with Crippen molar-refractivity contribution in [3.05, 3.63) is 0 Å². The molecule has 9 heavy (non-hydrogen) atoms. The van der Waals surface area contributed by atoms with Crippen molar-refractivity contribution in [1.29, 1.82) is 0 Å². The zero-order valence-corrected chi connectivity index (χ0v) is 6.22. The van der Waals surface area contributed by atoms with Crippen LogP contribution in [0.3, 0.4) is 0 Å². The van der Waals surface area contributed by atoms with Crippen molar-refractivity contribution in [2.45, 2.75) is 33.3 Å². The molecule has 2 heteroatoms. The molecule has 0 aliphatic rings. The van der Waals surface area contributed by atoms with Crippen LogP contribution in [-0.2, 0) is 4.79 Å². The highest BCUT2D eigenvalue weighted by Crippen LogP contribution is 2.19. The fourth-order valence-electron chi connectivity index (χ4n) is 0.676. The van der Waals surface area contributed by atoms with Gasteiger partial charge < -0.3 is 9.90 Å². The average Bonchev–Trinajstić information content (AvgIpc) is 1.62. The molecule has 0 saturated heterocycles. The minimum atomic E-state index is -0.787. The molecule has 0 heterocycles. The smallest absolute Gasteiger partial charge is 0.148 e. The van der Waals surface area contributed by atoms with Gasteiger partial charge in [0.05, 0.1) is 0 Å². The Kier molecular flexibility index (Phi) is 2.85. The summed E-state index contributed by atoms with van der Waals surface area (Å²) in [6.07, 6.45) is 0.326. The second-order valence-corrected chi connectivity index (χ2v) is 3.47. The molecule has 0 aromatic heterocycles. The van der Waals surface area contributed by atoms with Crippen molar-refractivity contribution < 1.29 is 9.90 Å². The van der Waals surface area contributed by atoms with E-state index in [0.29, 0.717) is 12.7 Å². The SMILES string of the molecule is CC(C)(C)CC(O)C=O. The van der Waals surface area contributed by atoms with Gasteiger partial charge in [-0.3, -0.25) is 0 Å². The van der Waals surface area contributed by atoms with Crippen molar-refractivity contribution in [2.24, 2.45) is 5.41 Å². The fraction of sp³-hybridized carbons (Fsp3) is 0.857. The molecule has 0 radical (unpaired) electrons. The van der Waals surface area contributed by atoms with E-state index in [1.165, 1.54) is 0 Å². The molecule has 1 atom stereocenters. The molecule has 1 N–H and O–H groups in total. The van der Waals surface area contributed by atoms with Gasteiger partial charge in [0.2, 0.25) is 0 Å². The third kappa shape index (κ3) is 5.50. The van der Waals surface area contributed by atoms with Gasteiger partial charge in [-0.25, -0.2) is 0 Å². The van der Waals surface area contributed by atoms with Gasteiger partial charge in [-0.1, -0.05) is 20.8 Å². The lowest BCUT2D eigenvalue weighted by Crippen LogP contribution is -2.18. The Morgan fingerprint density at radius 3 is 2.11 bits per heavy atom. The molecule has 0 aliphatic heterocycles. The van der Waals surface area contributed by atoms with Crippen LogP contribution in [0.15, 0.2) is 0 Å². The normalized spacial score (nSPS) is 15.1. The van der Waals surface area contributed by atoms with Crippen molar-refractivity contribution >= 4 is 6.29 Å². The lowest BCUT2D eigenvalue weighted by atomic mass is 9.90. The molecule has 0 aromatic rings. The van der Waals surface area contributed by atoms with E-state index in [1.54, 1.807) is 0 Å². The number of aliphatic hydroxyl groups excluding tert-OH is 1. The van der Waals surface area contributed by atoms with E-state index in [-0.39, 0.29) is 5.41 Å². The van der Waals surface area contributed by atoms with Crippen LogP contribution in [0.2, 0.25) is 0 Å². The van der Waals surface area contributed by atoms with Crippen LogP contribution in [0.25, 0.3) is 0 Å². The highest BCUT2D eigenvalue weighted by Gasteiger charge is 2.15. The summed E-state index contributed by atoms with van der Waals surface area (Å²) in [5.74, 6) is 0. The number of carbonyl (C=O) groups is 1. The van der Waals surface area contributed by atoms with Gasteiger partial charge in [0.15, 0.2) is 0 Å². The molecule has 0 rings (SSSR count). The Morgan fingerprint density at radius 1 is 1.56 bits per heavy atom. The predicted molar refractivity (Wildman–Crippen MR) is 36.1 cm³/mol. The number of aldehydes is 1. The highest BCUT2D eigenvalue weighted by atomic mass is 16.3. The average molecular weight is 130 g/mol. The third-order valence-electron chi connectivity index (χ3n) is 0.979. The molecule has 0 spiro atoms. The topological polar surface area (TPSA) is 37.3 Å². The van der Waals surface area contributed by atoms with Crippen LogP contribution in [0, 0.1) is 5.41 Å². The van der Waals surface area contributed by atoms with Crippen molar-refractivity contribution in [3.63, 3.8) is 0 Å². The first kappa shape index (κ1) is 8.63. The number of hydrogen-bond acceptors (Lipinski definition) is 2. The fourth-order valence-corrected chi connectivity index (χ4v) is 0.676. The number of rotatable bonds is 2. The summed E-state index contributed by atoms with van der Waals surface area (Å²) in [5, 5.41) is 8.83. The first-order chi connectivity index (χ1) is 3.95. The molecule has 0 saturated carbocycles. The lowest BCUT2D eigenvalue weighted by Gasteiger charge is -2.18. The van der Waals surface area contributed by atoms with Crippen LogP contribution in [0.4, 0.5) is 0 Å². The van der Waals surface area contributed by atoms with Gasteiger partial charge in [0, 0.05) is 0 Å². The first-order valence-electron chi connectivity index (χ1n) is 3.09. The molecule has 0 fully saturated rings. The molecule has 0 bridgehead atoms. The van der Waals surface area contributed by atoms with Gasteiger partial charge in [-0.05, 0) is 11.8 Å². The zero-order valence-electron chi connectivity index (χ0n) is 6.22. The van der Waals surface area contributed by atoms with E-state index in [4.69, 9.17) is 5.11 Å². The Bertz CT molecular complexity index is 91.6. The van der Waals surface area contributed by atoms with Gasteiger partial charge in [0.1, 0.15) is 12.4 Å². The molecule has 0 amide bonds. The van der Waals surface area contributed by atoms with Crippen LogP contribution in [-0.4, -0.2) is 17.5 Å². The summed E-state index contributed by atoms with van der Waals surface area (Å²) in [4.78, 5) is 9.93. The summed E-state index contributed by atoms with van der Waals surface area (Å²) in [7, 11) is 0. The minimum Gasteiger partial charge on any atom is -0.386 e. The standard InChI is InChI=1S/C7H14O2/c1-7(2,3)4-6(9)5-8/h5-6,9H,4H2,1-3H3. The minimum absolute atomic E-state index is 0.0420. The van der Waals surface area contributed by atoms with Gasteiger partial charge in [-0.2, -0.15) is 0 Å². The summed E-state index contributed by atoms with van der Waals surface area (Å²) < 4.78 is 0. The highest BCUT2D eigenvalue weighted by molar-refractivity contribution is 5.55. The lowest BCUT2D eigenvalue weighted by molar-refractivity contribution is -0.116. The molecule has 1 unspecified atom stereocenters. The van der Waals surface area contributed by atoms with E-state index < -0.39 is 6.10 Å². The molecule has 54 valence electrons. The zero-order chi connectivity index (χ0) is 7.49. The van der Waals surface area contributed by atoms with E-state index >= 15 is 0 Å². The summed E-state index contributed by atoms with van der Waals surface area (Å²) in [6, 6.07) is 0. The molecule has 2 nitrogen and oxygen atoms in total. The number of aliphatic hydroxyl groups is 1. The van der Waals surface area contributed by atoms with E-state index in [9.17, 15) is 4.79 Å². The van der Waals surface area contributed by atoms with Crippen molar-refractivity contribution in [3.8, 4) is 0 Å². The summed E-state index contributed by atoms with van der Waals surface area (Å²) in [6.45, 7) is 5.96. The first-order valence-corrected chi connectivity index (χ1v) is 3.09. The molecular formula is C7H14O2. The van der Waals surface area contributed by atoms with Gasteiger partial charge in [0.25, 0.3) is 0 Å². The van der Waals surface area contributed by atoms with Crippen molar-refractivity contribution in [1.82, 2.24) is 0 Å². The number of hydrogen-bond donors (Lipinski definition) is 1. The molecular weight excluding hydrogens is 116 g/mol. The number of carbonyl (C=O) groups excluding carboxylic acids is 1. The Hall–Kier alpha value is -0.370. The largest absolute Gasteiger partial charge is 0.386 e. The maximum atomic E-state index is 9.93. The van der Waals surface area contributed by atoms with Crippen LogP contribution < -0.4 is 0 Å². The second-order valence-electron chi connectivity index (χ2n) is 3.47. The van der Waals surface area contributed by atoms with Gasteiger partial charge >= 0.3 is 0 Å². The maximum Gasteiger partial charge on any atom is 0.148 e. The summed E-state index contributed by atoms with van der Waals surface area (Å²) in [5.41, 5.74) is 0.0420. The summed E-state index contributed by atoms with van der Waals surface area (Å²) >= 11 is 0. The van der Waals surface area contributed by atoms with E-state index in [1.807, 2.05) is 20.8 Å². The third-order valence-corrected chi connectivity index (χ3v) is 0.979. The maximum absolute atomic E-state index is 9.93.